The minimum absolute atomic E-state index is 0.0318. The first-order chi connectivity index (χ1) is 5.65. The van der Waals surface area contributed by atoms with Crippen molar-refractivity contribution in [3.63, 3.8) is 0 Å². The Morgan fingerprint density at radius 1 is 1.83 bits per heavy atom. The molecule has 1 fully saturated rings. The highest BCUT2D eigenvalue weighted by Gasteiger charge is 2.27. The Hall–Kier alpha value is -0.310. The molecular formula is C8H13ClFNO. The Morgan fingerprint density at radius 3 is 2.92 bits per heavy atom. The van der Waals surface area contributed by atoms with Crippen molar-refractivity contribution in [2.45, 2.75) is 18.7 Å². The Kier molecular flexibility index (Phi) is 3.32. The van der Waals surface area contributed by atoms with Crippen molar-refractivity contribution < 1.29 is 9.18 Å². The van der Waals surface area contributed by atoms with Gasteiger partial charge in [-0.3, -0.25) is 9.18 Å². The molecular weight excluding hydrogens is 181 g/mol. The maximum atomic E-state index is 12.2. The minimum Gasteiger partial charge on any atom is -0.341 e. The third-order valence-electron chi connectivity index (χ3n) is 2.16. The molecule has 1 saturated heterocycles. The summed E-state index contributed by atoms with van der Waals surface area (Å²) in [6.07, 6.45) is 0.770. The van der Waals surface area contributed by atoms with Gasteiger partial charge in [0, 0.05) is 19.0 Å². The van der Waals surface area contributed by atoms with Gasteiger partial charge < -0.3 is 4.90 Å². The Morgan fingerprint density at radius 2 is 2.50 bits per heavy atom. The number of hydrogen-bond donors (Lipinski definition) is 0. The average molecular weight is 194 g/mol. The van der Waals surface area contributed by atoms with Gasteiger partial charge in [0.2, 0.25) is 5.91 Å². The van der Waals surface area contributed by atoms with Crippen LogP contribution >= 0.6 is 11.6 Å². The molecule has 0 bridgehead atoms. The highest BCUT2D eigenvalue weighted by Crippen LogP contribution is 2.18. The number of carbonyl (C=O) groups is 1. The lowest BCUT2D eigenvalue weighted by atomic mass is 10.1. The quantitative estimate of drug-likeness (QED) is 0.608. The van der Waals surface area contributed by atoms with E-state index < -0.39 is 5.38 Å². The molecule has 0 unspecified atom stereocenters. The van der Waals surface area contributed by atoms with Crippen molar-refractivity contribution in [3.05, 3.63) is 0 Å². The van der Waals surface area contributed by atoms with E-state index in [-0.39, 0.29) is 18.5 Å². The van der Waals surface area contributed by atoms with Gasteiger partial charge in [-0.1, -0.05) is 0 Å². The average Bonchev–Trinajstić information content (AvgIpc) is 2.50. The summed E-state index contributed by atoms with van der Waals surface area (Å²) in [6.45, 7) is 2.50. The Labute approximate surface area is 76.7 Å². The Balaban J connectivity index is 2.41. The van der Waals surface area contributed by atoms with Gasteiger partial charge in [-0.05, 0) is 13.3 Å². The smallest absolute Gasteiger partial charge is 0.240 e. The summed E-state index contributed by atoms with van der Waals surface area (Å²) in [5, 5.41) is -0.483. The number of amides is 1. The SMILES string of the molecule is C[C@H](Cl)C(=O)N1CC[C@@H](CF)C1. The fourth-order valence-electron chi connectivity index (χ4n) is 1.41. The van der Waals surface area contributed by atoms with Crippen LogP contribution < -0.4 is 0 Å². The van der Waals surface area contributed by atoms with Gasteiger partial charge in [-0.25, -0.2) is 0 Å². The summed E-state index contributed by atoms with van der Waals surface area (Å²) in [6, 6.07) is 0. The number of likely N-dealkylation sites (tertiary alicyclic amines) is 1. The summed E-state index contributed by atoms with van der Waals surface area (Å²) in [7, 11) is 0. The molecule has 1 amide bonds. The number of halogens is 2. The largest absolute Gasteiger partial charge is 0.341 e. The second kappa shape index (κ2) is 4.08. The highest BCUT2D eigenvalue weighted by atomic mass is 35.5. The number of carbonyl (C=O) groups excluding carboxylic acids is 1. The van der Waals surface area contributed by atoms with Crippen LogP contribution in [-0.2, 0) is 4.79 Å². The van der Waals surface area contributed by atoms with E-state index in [1.807, 2.05) is 0 Å². The first kappa shape index (κ1) is 9.78. The zero-order valence-electron chi connectivity index (χ0n) is 7.09. The molecule has 0 radical (unpaired) electrons. The third kappa shape index (κ3) is 2.09. The molecule has 70 valence electrons. The summed E-state index contributed by atoms with van der Waals surface area (Å²) >= 11 is 5.61. The molecule has 0 N–H and O–H groups in total. The van der Waals surface area contributed by atoms with E-state index in [0.29, 0.717) is 13.1 Å². The number of rotatable bonds is 2. The van der Waals surface area contributed by atoms with Crippen molar-refractivity contribution in [2.75, 3.05) is 19.8 Å². The monoisotopic (exact) mass is 193 g/mol. The molecule has 0 aliphatic carbocycles. The maximum absolute atomic E-state index is 12.2. The van der Waals surface area contributed by atoms with Crippen molar-refractivity contribution in [1.29, 1.82) is 0 Å². The summed E-state index contributed by atoms with van der Waals surface area (Å²) < 4.78 is 12.2. The lowest BCUT2D eigenvalue weighted by Gasteiger charge is -2.16. The van der Waals surface area contributed by atoms with Gasteiger partial charge in [-0.2, -0.15) is 0 Å². The molecule has 1 heterocycles. The third-order valence-corrected chi connectivity index (χ3v) is 2.34. The molecule has 1 aliphatic heterocycles. The van der Waals surface area contributed by atoms with Crippen molar-refractivity contribution in [2.24, 2.45) is 5.92 Å². The zero-order valence-corrected chi connectivity index (χ0v) is 7.85. The molecule has 0 spiro atoms. The topological polar surface area (TPSA) is 20.3 Å². The highest BCUT2D eigenvalue weighted by molar-refractivity contribution is 6.30. The van der Waals surface area contributed by atoms with E-state index in [1.165, 1.54) is 0 Å². The molecule has 0 aromatic rings. The van der Waals surface area contributed by atoms with Gasteiger partial charge in [0.05, 0.1) is 6.67 Å². The number of nitrogens with zero attached hydrogens (tertiary/aromatic N) is 1. The number of alkyl halides is 2. The maximum Gasteiger partial charge on any atom is 0.240 e. The van der Waals surface area contributed by atoms with Crippen LogP contribution in [0.15, 0.2) is 0 Å². The predicted octanol–water partition coefficient (Wildman–Crippen LogP) is 1.43. The predicted molar refractivity (Wildman–Crippen MR) is 46.0 cm³/mol. The standard InChI is InChI=1S/C8H13ClFNO/c1-6(9)8(12)11-3-2-7(4-10)5-11/h6-7H,2-5H2,1H3/t6-,7-/m0/s1. The molecule has 0 aromatic heterocycles. The first-order valence-corrected chi connectivity index (χ1v) is 4.57. The van der Waals surface area contributed by atoms with E-state index in [2.05, 4.69) is 0 Å². The van der Waals surface area contributed by atoms with Gasteiger partial charge in [0.25, 0.3) is 0 Å². The molecule has 1 rings (SSSR count). The molecule has 4 heteroatoms. The molecule has 12 heavy (non-hydrogen) atoms. The summed E-state index contributed by atoms with van der Waals surface area (Å²) in [5.41, 5.74) is 0. The van der Waals surface area contributed by atoms with Crippen LogP contribution in [0.25, 0.3) is 0 Å². The van der Waals surface area contributed by atoms with Crippen LogP contribution in [0.5, 0.6) is 0 Å². The molecule has 2 atom stereocenters. The fourth-order valence-corrected chi connectivity index (χ4v) is 1.55. The lowest BCUT2D eigenvalue weighted by molar-refractivity contribution is -0.129. The van der Waals surface area contributed by atoms with E-state index in [0.717, 1.165) is 6.42 Å². The van der Waals surface area contributed by atoms with Crippen LogP contribution in [0.1, 0.15) is 13.3 Å². The van der Waals surface area contributed by atoms with Gasteiger partial charge in [0.15, 0.2) is 0 Å². The second-order valence-corrected chi connectivity index (χ2v) is 3.86. The molecule has 2 nitrogen and oxygen atoms in total. The van der Waals surface area contributed by atoms with Crippen molar-refractivity contribution in [1.82, 2.24) is 4.90 Å². The van der Waals surface area contributed by atoms with E-state index >= 15 is 0 Å². The van der Waals surface area contributed by atoms with Crippen LogP contribution in [0, 0.1) is 5.92 Å². The van der Waals surface area contributed by atoms with Gasteiger partial charge >= 0.3 is 0 Å². The molecule has 1 aliphatic rings. The zero-order chi connectivity index (χ0) is 9.14. The minimum atomic E-state index is -0.483. The number of hydrogen-bond acceptors (Lipinski definition) is 1. The van der Waals surface area contributed by atoms with E-state index in [9.17, 15) is 9.18 Å². The Bertz CT molecular complexity index is 174. The van der Waals surface area contributed by atoms with Crippen LogP contribution in [0.2, 0.25) is 0 Å². The van der Waals surface area contributed by atoms with Crippen LogP contribution in [-0.4, -0.2) is 35.9 Å². The summed E-state index contributed by atoms with van der Waals surface area (Å²) in [5.74, 6) is -0.0445. The molecule has 0 aromatic carbocycles. The molecule has 0 saturated carbocycles. The lowest BCUT2D eigenvalue weighted by Crippen LogP contribution is -2.33. The van der Waals surface area contributed by atoms with Crippen LogP contribution in [0.4, 0.5) is 4.39 Å². The normalized spacial score (nSPS) is 25.9. The van der Waals surface area contributed by atoms with E-state index in [4.69, 9.17) is 11.6 Å². The van der Waals surface area contributed by atoms with E-state index in [1.54, 1.807) is 11.8 Å². The summed E-state index contributed by atoms with van der Waals surface area (Å²) in [4.78, 5) is 12.9. The van der Waals surface area contributed by atoms with Crippen molar-refractivity contribution >= 4 is 17.5 Å². The van der Waals surface area contributed by atoms with Crippen LogP contribution in [0.3, 0.4) is 0 Å². The van der Waals surface area contributed by atoms with Crippen molar-refractivity contribution in [3.8, 4) is 0 Å². The van der Waals surface area contributed by atoms with Gasteiger partial charge in [0.1, 0.15) is 5.38 Å². The second-order valence-electron chi connectivity index (χ2n) is 3.21. The first-order valence-electron chi connectivity index (χ1n) is 4.14. The fraction of sp³-hybridized carbons (Fsp3) is 0.875. The van der Waals surface area contributed by atoms with Gasteiger partial charge in [-0.15, -0.1) is 11.6 Å².